The average molecular weight is 416 g/mol. The molecule has 1 aliphatic carbocycles. The minimum atomic E-state index is 0.244. The van der Waals surface area contributed by atoms with Crippen LogP contribution in [0.5, 0.6) is 5.75 Å². The Morgan fingerprint density at radius 1 is 1.23 bits per heavy atom. The first-order valence-electron chi connectivity index (χ1n) is 11.2. The second-order valence-corrected chi connectivity index (χ2v) is 8.58. The summed E-state index contributed by atoms with van der Waals surface area (Å²) >= 11 is 0. The monoisotopic (exact) mass is 415 g/mol. The van der Waals surface area contributed by atoms with Gasteiger partial charge in [0.2, 0.25) is 5.91 Å². The number of guanidine groups is 1. The Bertz CT molecular complexity index is 715. The van der Waals surface area contributed by atoms with Crippen LogP contribution in [0, 0.1) is 5.92 Å². The summed E-state index contributed by atoms with van der Waals surface area (Å²) in [6.45, 7) is 3.77. The van der Waals surface area contributed by atoms with Crippen molar-refractivity contribution >= 4 is 11.9 Å². The molecule has 2 aliphatic rings. The third-order valence-electron chi connectivity index (χ3n) is 5.98. The molecule has 1 heterocycles. The molecule has 166 valence electrons. The Hall–Kier alpha value is -2.28. The number of carbonyl (C=O) groups is 1. The molecule has 2 fully saturated rings. The SMILES string of the molecule is CN=C(NCc1ccccc1OCCN(C)C)NC1CCN(C(=O)C2CCCC2)C1. The number of likely N-dealkylation sites (tertiary alicyclic amines) is 1. The highest BCUT2D eigenvalue weighted by molar-refractivity contribution is 5.81. The Morgan fingerprint density at radius 2 is 2.00 bits per heavy atom. The molecular weight excluding hydrogens is 378 g/mol. The van der Waals surface area contributed by atoms with E-state index in [-0.39, 0.29) is 12.0 Å². The number of aliphatic imine (C=N–C) groups is 1. The standard InChI is InChI=1S/C23H37N5O2/c1-24-23(25-16-19-10-6-7-11-21(19)30-15-14-27(2)3)26-20-12-13-28(17-20)22(29)18-8-4-5-9-18/h6-7,10-11,18,20H,4-5,8-9,12-17H2,1-3H3,(H2,24,25,26). The number of hydrogen-bond donors (Lipinski definition) is 2. The van der Waals surface area contributed by atoms with E-state index in [1.807, 2.05) is 37.2 Å². The number of likely N-dealkylation sites (N-methyl/N-ethyl adjacent to an activating group) is 1. The van der Waals surface area contributed by atoms with Gasteiger partial charge in [0.15, 0.2) is 5.96 Å². The van der Waals surface area contributed by atoms with E-state index in [1.165, 1.54) is 12.8 Å². The summed E-state index contributed by atoms with van der Waals surface area (Å²) in [6.07, 6.45) is 5.48. The van der Waals surface area contributed by atoms with E-state index >= 15 is 0 Å². The average Bonchev–Trinajstić information content (AvgIpc) is 3.43. The molecule has 0 radical (unpaired) electrons. The summed E-state index contributed by atoms with van der Waals surface area (Å²) in [5, 5.41) is 6.88. The predicted molar refractivity (Wildman–Crippen MR) is 121 cm³/mol. The van der Waals surface area contributed by atoms with E-state index in [0.29, 0.717) is 19.1 Å². The summed E-state index contributed by atoms with van der Waals surface area (Å²) in [6, 6.07) is 8.34. The van der Waals surface area contributed by atoms with E-state index in [9.17, 15) is 4.79 Å². The lowest BCUT2D eigenvalue weighted by Crippen LogP contribution is -2.45. The predicted octanol–water partition coefficient (Wildman–Crippen LogP) is 2.08. The Labute approximate surface area is 180 Å². The van der Waals surface area contributed by atoms with Crippen LogP contribution in [0.4, 0.5) is 0 Å². The number of para-hydroxylation sites is 1. The third-order valence-corrected chi connectivity index (χ3v) is 5.98. The molecule has 1 atom stereocenters. The van der Waals surface area contributed by atoms with Gasteiger partial charge in [0.05, 0.1) is 0 Å². The smallest absolute Gasteiger partial charge is 0.225 e. The number of carbonyl (C=O) groups excluding carboxylic acids is 1. The molecule has 1 unspecified atom stereocenters. The molecule has 1 aromatic rings. The highest BCUT2D eigenvalue weighted by atomic mass is 16.5. The fraction of sp³-hybridized carbons (Fsp3) is 0.652. The summed E-state index contributed by atoms with van der Waals surface area (Å²) in [5.74, 6) is 2.27. The van der Waals surface area contributed by atoms with Gasteiger partial charge < -0.3 is 25.2 Å². The molecule has 1 aromatic carbocycles. The van der Waals surface area contributed by atoms with Crippen LogP contribution in [-0.2, 0) is 11.3 Å². The molecule has 1 aliphatic heterocycles. The Kier molecular flexibility index (Phi) is 8.37. The first kappa shape index (κ1) is 22.4. The number of ether oxygens (including phenoxy) is 1. The number of nitrogens with zero attached hydrogens (tertiary/aromatic N) is 3. The first-order chi connectivity index (χ1) is 14.6. The quantitative estimate of drug-likeness (QED) is 0.503. The lowest BCUT2D eigenvalue weighted by Gasteiger charge is -2.21. The molecule has 3 rings (SSSR count). The fourth-order valence-corrected chi connectivity index (χ4v) is 4.21. The van der Waals surface area contributed by atoms with Crippen LogP contribution in [0.3, 0.4) is 0 Å². The second kappa shape index (κ2) is 11.2. The van der Waals surface area contributed by atoms with Crippen LogP contribution >= 0.6 is 0 Å². The number of rotatable bonds is 8. The Balaban J connectivity index is 1.47. The van der Waals surface area contributed by atoms with Crippen molar-refractivity contribution in [3.8, 4) is 5.75 Å². The van der Waals surface area contributed by atoms with Gasteiger partial charge in [0, 0.05) is 50.7 Å². The maximum atomic E-state index is 12.7. The minimum absolute atomic E-state index is 0.244. The molecule has 1 saturated heterocycles. The van der Waals surface area contributed by atoms with E-state index in [1.54, 1.807) is 7.05 Å². The molecule has 1 amide bonds. The van der Waals surface area contributed by atoms with Crippen LogP contribution in [-0.4, -0.2) is 75.1 Å². The highest BCUT2D eigenvalue weighted by Gasteiger charge is 2.32. The zero-order valence-corrected chi connectivity index (χ0v) is 18.7. The van der Waals surface area contributed by atoms with Gasteiger partial charge in [-0.2, -0.15) is 0 Å². The van der Waals surface area contributed by atoms with E-state index in [2.05, 4.69) is 26.6 Å². The third kappa shape index (κ3) is 6.36. The van der Waals surface area contributed by atoms with Gasteiger partial charge in [-0.1, -0.05) is 31.0 Å². The largest absolute Gasteiger partial charge is 0.492 e. The van der Waals surface area contributed by atoms with Crippen molar-refractivity contribution < 1.29 is 9.53 Å². The summed E-state index contributed by atoms with van der Waals surface area (Å²) < 4.78 is 5.95. The maximum absolute atomic E-state index is 12.7. The zero-order chi connectivity index (χ0) is 21.3. The molecule has 30 heavy (non-hydrogen) atoms. The lowest BCUT2D eigenvalue weighted by atomic mass is 10.1. The Morgan fingerprint density at radius 3 is 2.73 bits per heavy atom. The summed E-state index contributed by atoms with van der Waals surface area (Å²) in [5.41, 5.74) is 1.10. The number of nitrogens with one attached hydrogen (secondary N) is 2. The van der Waals surface area contributed by atoms with Crippen LogP contribution in [0.15, 0.2) is 29.3 Å². The molecule has 0 bridgehead atoms. The van der Waals surface area contributed by atoms with Crippen molar-refractivity contribution in [1.82, 2.24) is 20.4 Å². The molecule has 0 spiro atoms. The lowest BCUT2D eigenvalue weighted by molar-refractivity contribution is -0.134. The molecule has 7 nitrogen and oxygen atoms in total. The van der Waals surface area contributed by atoms with E-state index in [0.717, 1.165) is 56.2 Å². The van der Waals surface area contributed by atoms with Crippen LogP contribution < -0.4 is 15.4 Å². The van der Waals surface area contributed by atoms with Crippen LogP contribution in [0.1, 0.15) is 37.7 Å². The van der Waals surface area contributed by atoms with Gasteiger partial charge in [-0.05, 0) is 39.4 Å². The number of amides is 1. The van der Waals surface area contributed by atoms with Gasteiger partial charge in [-0.25, -0.2) is 0 Å². The molecule has 0 aromatic heterocycles. The molecular formula is C23H37N5O2. The summed E-state index contributed by atoms with van der Waals surface area (Å²) in [7, 11) is 5.86. The first-order valence-corrected chi connectivity index (χ1v) is 11.2. The fourth-order valence-electron chi connectivity index (χ4n) is 4.21. The van der Waals surface area contributed by atoms with Gasteiger partial charge in [0.1, 0.15) is 12.4 Å². The normalized spacial score (nSPS) is 20.1. The molecule has 7 heteroatoms. The van der Waals surface area contributed by atoms with Gasteiger partial charge >= 0.3 is 0 Å². The van der Waals surface area contributed by atoms with Gasteiger partial charge in [-0.3, -0.25) is 9.79 Å². The molecule has 2 N–H and O–H groups in total. The van der Waals surface area contributed by atoms with Gasteiger partial charge in [0.25, 0.3) is 0 Å². The van der Waals surface area contributed by atoms with Crippen LogP contribution in [0.25, 0.3) is 0 Å². The second-order valence-electron chi connectivity index (χ2n) is 8.58. The van der Waals surface area contributed by atoms with Crippen molar-refractivity contribution in [3.05, 3.63) is 29.8 Å². The van der Waals surface area contributed by atoms with Crippen molar-refractivity contribution in [2.45, 2.75) is 44.7 Å². The molecule has 1 saturated carbocycles. The van der Waals surface area contributed by atoms with E-state index in [4.69, 9.17) is 4.74 Å². The van der Waals surface area contributed by atoms with Crippen molar-refractivity contribution in [3.63, 3.8) is 0 Å². The topological polar surface area (TPSA) is 69.2 Å². The number of benzene rings is 1. The zero-order valence-electron chi connectivity index (χ0n) is 18.7. The van der Waals surface area contributed by atoms with Gasteiger partial charge in [-0.15, -0.1) is 0 Å². The number of hydrogen-bond acceptors (Lipinski definition) is 4. The van der Waals surface area contributed by atoms with E-state index < -0.39 is 0 Å². The summed E-state index contributed by atoms with van der Waals surface area (Å²) in [4.78, 5) is 21.2. The minimum Gasteiger partial charge on any atom is -0.492 e. The van der Waals surface area contributed by atoms with Crippen molar-refractivity contribution in [1.29, 1.82) is 0 Å². The maximum Gasteiger partial charge on any atom is 0.225 e. The van der Waals surface area contributed by atoms with Crippen LogP contribution in [0.2, 0.25) is 0 Å². The highest BCUT2D eigenvalue weighted by Crippen LogP contribution is 2.27. The van der Waals surface area contributed by atoms with Crippen molar-refractivity contribution in [2.24, 2.45) is 10.9 Å². The van der Waals surface area contributed by atoms with Crippen molar-refractivity contribution in [2.75, 3.05) is 47.4 Å².